The first-order valence-corrected chi connectivity index (χ1v) is 6.04. The van der Waals surface area contributed by atoms with Crippen molar-refractivity contribution in [2.24, 2.45) is 11.8 Å². The maximum Gasteiger partial charge on any atom is 0.0568 e. The molecule has 76 valence electrons. The zero-order valence-electron chi connectivity index (χ0n) is 8.54. The summed E-state index contributed by atoms with van der Waals surface area (Å²) in [5.74, 6) is 1.68. The predicted octanol–water partition coefficient (Wildman–Crippen LogP) is 3.12. The minimum atomic E-state index is 0.0289. The van der Waals surface area contributed by atoms with Gasteiger partial charge < -0.3 is 5.11 Å². The maximum absolute atomic E-state index is 9.88. The Balaban J connectivity index is 1.72. The first-order chi connectivity index (χ1) is 6.36. The molecule has 0 amide bonds. The molecule has 2 atom stereocenters. The van der Waals surface area contributed by atoms with Crippen LogP contribution in [0, 0.1) is 11.8 Å². The molecule has 0 bridgehead atoms. The Morgan fingerprint density at radius 3 is 2.38 bits per heavy atom. The molecule has 2 unspecified atom stereocenters. The van der Waals surface area contributed by atoms with E-state index in [0.29, 0.717) is 5.92 Å². The van der Waals surface area contributed by atoms with Crippen molar-refractivity contribution in [1.82, 2.24) is 0 Å². The van der Waals surface area contributed by atoms with Gasteiger partial charge in [0.05, 0.1) is 6.10 Å². The first-order valence-electron chi connectivity index (χ1n) is 6.04. The molecular formula is C12H22O. The fourth-order valence-corrected chi connectivity index (χ4v) is 2.56. The Kier molecular flexibility index (Phi) is 3.26. The average Bonchev–Trinajstić information content (AvgIpc) is 2.90. The highest BCUT2D eigenvalue weighted by atomic mass is 16.3. The summed E-state index contributed by atoms with van der Waals surface area (Å²) in [5.41, 5.74) is 0. The van der Waals surface area contributed by atoms with Crippen molar-refractivity contribution in [3.8, 4) is 0 Å². The number of rotatable bonds is 3. The predicted molar refractivity (Wildman–Crippen MR) is 54.5 cm³/mol. The van der Waals surface area contributed by atoms with Crippen LogP contribution in [0.25, 0.3) is 0 Å². The van der Waals surface area contributed by atoms with Gasteiger partial charge in [-0.2, -0.15) is 0 Å². The molecule has 0 aromatic heterocycles. The van der Waals surface area contributed by atoms with Crippen molar-refractivity contribution in [2.75, 3.05) is 0 Å². The van der Waals surface area contributed by atoms with Gasteiger partial charge in [0.25, 0.3) is 0 Å². The summed E-state index contributed by atoms with van der Waals surface area (Å²) in [4.78, 5) is 0. The van der Waals surface area contributed by atoms with Crippen LogP contribution in [0.2, 0.25) is 0 Å². The number of hydrogen-bond acceptors (Lipinski definition) is 1. The van der Waals surface area contributed by atoms with E-state index in [0.717, 1.165) is 12.3 Å². The molecule has 1 heteroatoms. The first kappa shape index (κ1) is 9.51. The summed E-state index contributed by atoms with van der Waals surface area (Å²) >= 11 is 0. The van der Waals surface area contributed by atoms with Gasteiger partial charge in [-0.1, -0.05) is 38.5 Å². The maximum atomic E-state index is 9.88. The molecule has 2 aliphatic rings. The van der Waals surface area contributed by atoms with Crippen LogP contribution in [0.5, 0.6) is 0 Å². The summed E-state index contributed by atoms with van der Waals surface area (Å²) in [7, 11) is 0. The third kappa shape index (κ3) is 2.98. The molecule has 0 aromatic carbocycles. The average molecular weight is 182 g/mol. The Bertz CT molecular complexity index is 151. The van der Waals surface area contributed by atoms with E-state index in [1.807, 2.05) is 0 Å². The molecule has 0 radical (unpaired) electrons. The molecule has 13 heavy (non-hydrogen) atoms. The van der Waals surface area contributed by atoms with E-state index in [1.54, 1.807) is 0 Å². The molecule has 0 aliphatic heterocycles. The second-order valence-electron chi connectivity index (χ2n) is 4.99. The Morgan fingerprint density at radius 1 is 0.846 bits per heavy atom. The van der Waals surface area contributed by atoms with E-state index in [1.165, 1.54) is 51.4 Å². The number of aliphatic hydroxyl groups is 1. The minimum Gasteiger partial charge on any atom is -0.393 e. The lowest BCUT2D eigenvalue weighted by Gasteiger charge is -2.19. The number of aliphatic hydroxyl groups excluding tert-OH is 1. The van der Waals surface area contributed by atoms with E-state index in [-0.39, 0.29) is 6.10 Å². The lowest BCUT2D eigenvalue weighted by molar-refractivity contribution is 0.0937. The fraction of sp³-hybridized carbons (Fsp3) is 1.00. The third-order valence-electron chi connectivity index (χ3n) is 3.76. The van der Waals surface area contributed by atoms with Gasteiger partial charge in [-0.05, 0) is 31.1 Å². The van der Waals surface area contributed by atoms with Gasteiger partial charge in [-0.25, -0.2) is 0 Å². The van der Waals surface area contributed by atoms with Gasteiger partial charge >= 0.3 is 0 Å². The zero-order chi connectivity index (χ0) is 9.10. The fourth-order valence-electron chi connectivity index (χ4n) is 2.56. The van der Waals surface area contributed by atoms with Crippen molar-refractivity contribution < 1.29 is 5.11 Å². The lowest BCUT2D eigenvalue weighted by atomic mass is 9.91. The highest BCUT2D eigenvalue weighted by Gasteiger charge is 2.26. The van der Waals surface area contributed by atoms with Crippen LogP contribution in [-0.2, 0) is 0 Å². The molecule has 2 saturated carbocycles. The summed E-state index contributed by atoms with van der Waals surface area (Å²) < 4.78 is 0. The summed E-state index contributed by atoms with van der Waals surface area (Å²) in [6, 6.07) is 0. The summed E-state index contributed by atoms with van der Waals surface area (Å²) in [5, 5.41) is 9.88. The third-order valence-corrected chi connectivity index (χ3v) is 3.76. The second-order valence-corrected chi connectivity index (χ2v) is 4.99. The van der Waals surface area contributed by atoms with E-state index in [2.05, 4.69) is 0 Å². The molecule has 0 heterocycles. The van der Waals surface area contributed by atoms with Gasteiger partial charge in [-0.3, -0.25) is 0 Å². The molecule has 0 aromatic rings. The van der Waals surface area contributed by atoms with E-state index < -0.39 is 0 Å². The standard InChI is InChI=1S/C12H22O/c13-12-5-3-1-2-4-11(12)9-8-10-6-7-10/h10-13H,1-9H2. The largest absolute Gasteiger partial charge is 0.393 e. The van der Waals surface area contributed by atoms with E-state index in [9.17, 15) is 5.11 Å². The van der Waals surface area contributed by atoms with Crippen molar-refractivity contribution >= 4 is 0 Å². The molecule has 2 rings (SSSR count). The molecule has 0 saturated heterocycles. The summed E-state index contributed by atoms with van der Waals surface area (Å²) in [6.07, 6.45) is 11.9. The smallest absolute Gasteiger partial charge is 0.0568 e. The Morgan fingerprint density at radius 2 is 1.62 bits per heavy atom. The molecular weight excluding hydrogens is 160 g/mol. The van der Waals surface area contributed by atoms with Crippen LogP contribution < -0.4 is 0 Å². The SMILES string of the molecule is OC1CCCCCC1CCC1CC1. The highest BCUT2D eigenvalue weighted by Crippen LogP contribution is 2.37. The second kappa shape index (κ2) is 4.45. The van der Waals surface area contributed by atoms with Crippen LogP contribution in [-0.4, -0.2) is 11.2 Å². The highest BCUT2D eigenvalue weighted by molar-refractivity contribution is 4.78. The van der Waals surface area contributed by atoms with Gasteiger partial charge in [0, 0.05) is 0 Å². The van der Waals surface area contributed by atoms with Crippen molar-refractivity contribution in [3.63, 3.8) is 0 Å². The van der Waals surface area contributed by atoms with Gasteiger partial charge in [0.15, 0.2) is 0 Å². The number of hydrogen-bond donors (Lipinski definition) is 1. The molecule has 0 spiro atoms. The van der Waals surface area contributed by atoms with Crippen LogP contribution in [0.3, 0.4) is 0 Å². The topological polar surface area (TPSA) is 20.2 Å². The van der Waals surface area contributed by atoms with Crippen molar-refractivity contribution in [1.29, 1.82) is 0 Å². The molecule has 2 fully saturated rings. The Hall–Kier alpha value is -0.0400. The summed E-state index contributed by atoms with van der Waals surface area (Å²) in [6.45, 7) is 0. The van der Waals surface area contributed by atoms with Gasteiger partial charge in [0.1, 0.15) is 0 Å². The Labute approximate surface area is 81.5 Å². The minimum absolute atomic E-state index is 0.0289. The quantitative estimate of drug-likeness (QED) is 0.665. The molecule has 1 nitrogen and oxygen atoms in total. The normalized spacial score (nSPS) is 35.8. The van der Waals surface area contributed by atoms with Gasteiger partial charge in [-0.15, -0.1) is 0 Å². The van der Waals surface area contributed by atoms with E-state index in [4.69, 9.17) is 0 Å². The van der Waals surface area contributed by atoms with E-state index >= 15 is 0 Å². The lowest BCUT2D eigenvalue weighted by Crippen LogP contribution is -2.18. The molecule has 1 N–H and O–H groups in total. The van der Waals surface area contributed by atoms with Crippen LogP contribution >= 0.6 is 0 Å². The van der Waals surface area contributed by atoms with Crippen LogP contribution in [0.4, 0.5) is 0 Å². The van der Waals surface area contributed by atoms with Crippen molar-refractivity contribution in [2.45, 2.75) is 63.9 Å². The molecule has 2 aliphatic carbocycles. The van der Waals surface area contributed by atoms with Crippen LogP contribution in [0.1, 0.15) is 57.8 Å². The monoisotopic (exact) mass is 182 g/mol. The zero-order valence-corrected chi connectivity index (χ0v) is 8.54. The van der Waals surface area contributed by atoms with Crippen LogP contribution in [0.15, 0.2) is 0 Å². The van der Waals surface area contributed by atoms with Crippen molar-refractivity contribution in [3.05, 3.63) is 0 Å². The van der Waals surface area contributed by atoms with Gasteiger partial charge in [0.2, 0.25) is 0 Å².